The molecule has 1 unspecified atom stereocenters. The molecule has 0 aliphatic rings. The summed E-state index contributed by atoms with van der Waals surface area (Å²) in [6.07, 6.45) is -6.12. The first-order valence-electron chi connectivity index (χ1n) is 11.5. The molecule has 2 heterocycles. The summed E-state index contributed by atoms with van der Waals surface area (Å²) in [4.78, 5) is 18.5. The monoisotopic (exact) mass is 676 g/mol. The van der Waals surface area contributed by atoms with Gasteiger partial charge in [0.1, 0.15) is 23.3 Å². The maximum Gasteiger partial charge on any atom is 0.426 e. The summed E-state index contributed by atoms with van der Waals surface area (Å²) < 4.78 is 80.8. The summed E-state index contributed by atoms with van der Waals surface area (Å²) in [5.74, 6) is -0.966. The second-order valence-corrected chi connectivity index (χ2v) is 8.99. The molecule has 1 amide bonds. The molecule has 0 fully saturated rings. The molecule has 4 rings (SSSR count). The molecule has 2 aromatic heterocycles. The second kappa shape index (κ2) is 14.8. The molecule has 2 aromatic carbocycles. The van der Waals surface area contributed by atoms with Crippen molar-refractivity contribution in [1.82, 2.24) is 14.5 Å². The Morgan fingerprint density at radius 3 is 2.28 bits per heavy atom. The topological polar surface area (TPSA) is 141 Å². The van der Waals surface area contributed by atoms with Crippen LogP contribution in [0.5, 0.6) is 11.5 Å². The molecule has 6 N–H and O–H groups in total. The highest BCUT2D eigenvalue weighted by atomic mass is 35.5. The minimum Gasteiger partial charge on any atom is -0.456 e. The van der Waals surface area contributed by atoms with E-state index in [-0.39, 0.29) is 41.3 Å². The van der Waals surface area contributed by atoms with Crippen LogP contribution in [0, 0.1) is 0 Å². The van der Waals surface area contributed by atoms with Gasteiger partial charge in [0, 0.05) is 25.0 Å². The van der Waals surface area contributed by atoms with Crippen LogP contribution in [0.4, 0.5) is 37.8 Å². The van der Waals surface area contributed by atoms with Gasteiger partial charge in [-0.05, 0) is 49.4 Å². The number of carbonyl (C=O) groups excluding carboxylic acids is 1. The first-order chi connectivity index (χ1) is 19.0. The predicted molar refractivity (Wildman–Crippen MR) is 153 cm³/mol. The Morgan fingerprint density at radius 2 is 1.74 bits per heavy atom. The van der Waals surface area contributed by atoms with Crippen molar-refractivity contribution >= 4 is 64.9 Å². The molecule has 0 bridgehead atoms. The number of nitrogens with one attached hydrogen (secondary N) is 1. The molecule has 1 atom stereocenters. The van der Waals surface area contributed by atoms with Gasteiger partial charge in [-0.15, -0.1) is 24.8 Å². The fraction of sp³-hybridized carbons (Fsp3) is 0.240. The van der Waals surface area contributed by atoms with Gasteiger partial charge < -0.3 is 31.2 Å². The van der Waals surface area contributed by atoms with Crippen molar-refractivity contribution in [1.29, 1.82) is 0 Å². The van der Waals surface area contributed by atoms with E-state index in [1.807, 2.05) is 16.8 Å². The van der Waals surface area contributed by atoms with Gasteiger partial charge in [0.25, 0.3) is 5.91 Å². The Morgan fingerprint density at radius 1 is 1.07 bits per heavy atom. The van der Waals surface area contributed by atoms with Gasteiger partial charge in [0.05, 0.1) is 16.1 Å². The molecule has 0 radical (unpaired) electrons. The average Bonchev–Trinajstić information content (AvgIpc) is 3.29. The lowest BCUT2D eigenvalue weighted by Gasteiger charge is -2.21. The first-order valence-corrected chi connectivity index (χ1v) is 11.9. The van der Waals surface area contributed by atoms with Crippen molar-refractivity contribution < 1.29 is 41.0 Å². The quantitative estimate of drug-likeness (QED) is 0.170. The van der Waals surface area contributed by atoms with Crippen LogP contribution in [-0.2, 0) is 17.5 Å². The van der Waals surface area contributed by atoms with Crippen LogP contribution in [0.3, 0.4) is 0 Å². The lowest BCUT2D eigenvalue weighted by Crippen LogP contribution is -2.52. The minimum absolute atomic E-state index is 0. The average molecular weight is 678 g/mol. The number of hydrogen-bond acceptors (Lipinski definition) is 7. The zero-order valence-corrected chi connectivity index (χ0v) is 24.3. The SMILES string of the molecule is CC(O)(C(N)=O)C(F)(F)F.Cl.Cl.NCCn1ccc2ncnc(Nc3ccc(Oc4cccc(C(F)(F)F)c4)c(Cl)c3)c21. The number of fused-ring (bicyclic) bond motifs is 1. The number of benzene rings is 2. The number of amides is 1. The van der Waals surface area contributed by atoms with E-state index in [0.717, 1.165) is 23.2 Å². The van der Waals surface area contributed by atoms with Gasteiger partial charge in [-0.2, -0.15) is 26.3 Å². The normalized spacial score (nSPS) is 12.6. The van der Waals surface area contributed by atoms with E-state index in [9.17, 15) is 31.1 Å². The third kappa shape index (κ3) is 9.24. The summed E-state index contributed by atoms with van der Waals surface area (Å²) in [6.45, 7) is 1.37. The largest absolute Gasteiger partial charge is 0.456 e. The van der Waals surface area contributed by atoms with Gasteiger partial charge in [-0.1, -0.05) is 17.7 Å². The Balaban J connectivity index is 0.000000668. The van der Waals surface area contributed by atoms with E-state index in [4.69, 9.17) is 27.2 Å². The van der Waals surface area contributed by atoms with E-state index < -0.39 is 29.4 Å². The van der Waals surface area contributed by atoms with Crippen LogP contribution in [0.25, 0.3) is 11.0 Å². The summed E-state index contributed by atoms with van der Waals surface area (Å²) in [7, 11) is 0. The molecular weight excluding hydrogens is 653 g/mol. The number of anilines is 2. The Labute approximate surface area is 258 Å². The van der Waals surface area contributed by atoms with Gasteiger partial charge in [-0.3, -0.25) is 4.79 Å². The van der Waals surface area contributed by atoms with Crippen molar-refractivity contribution in [3.8, 4) is 11.5 Å². The molecular formula is C25H25Cl3F6N6O3. The van der Waals surface area contributed by atoms with E-state index in [1.165, 1.54) is 18.5 Å². The molecule has 18 heteroatoms. The Kier molecular flexibility index (Phi) is 12.9. The number of primary amides is 1. The van der Waals surface area contributed by atoms with Gasteiger partial charge in [0.15, 0.2) is 5.82 Å². The fourth-order valence-electron chi connectivity index (χ4n) is 3.25. The van der Waals surface area contributed by atoms with Crippen molar-refractivity contribution in [2.24, 2.45) is 11.5 Å². The minimum atomic E-state index is -5.00. The summed E-state index contributed by atoms with van der Waals surface area (Å²) in [6, 6.07) is 11.3. The zero-order valence-electron chi connectivity index (χ0n) is 21.9. The molecule has 0 spiro atoms. The summed E-state index contributed by atoms with van der Waals surface area (Å²) in [5.41, 5.74) is 7.89. The smallest absolute Gasteiger partial charge is 0.426 e. The van der Waals surface area contributed by atoms with E-state index in [2.05, 4.69) is 21.0 Å². The van der Waals surface area contributed by atoms with Crippen LogP contribution in [-0.4, -0.2) is 43.9 Å². The van der Waals surface area contributed by atoms with Crippen LogP contribution in [0.1, 0.15) is 12.5 Å². The van der Waals surface area contributed by atoms with Gasteiger partial charge in [0.2, 0.25) is 5.60 Å². The van der Waals surface area contributed by atoms with Crippen molar-refractivity contribution in [3.05, 3.63) is 71.6 Å². The fourth-order valence-corrected chi connectivity index (χ4v) is 3.47. The third-order valence-corrected chi connectivity index (χ3v) is 5.83. The molecule has 236 valence electrons. The molecule has 9 nitrogen and oxygen atoms in total. The molecule has 0 saturated carbocycles. The summed E-state index contributed by atoms with van der Waals surface area (Å²) >= 11 is 6.31. The highest BCUT2D eigenvalue weighted by molar-refractivity contribution is 6.32. The van der Waals surface area contributed by atoms with E-state index in [1.54, 1.807) is 18.2 Å². The number of carbonyl (C=O) groups is 1. The molecule has 0 saturated heterocycles. The van der Waals surface area contributed by atoms with Gasteiger partial charge in [-0.25, -0.2) is 9.97 Å². The number of aromatic nitrogens is 3. The number of hydrogen-bond donors (Lipinski definition) is 4. The van der Waals surface area contributed by atoms with Crippen molar-refractivity contribution in [3.63, 3.8) is 0 Å². The summed E-state index contributed by atoms with van der Waals surface area (Å²) in [5, 5.41) is 11.7. The molecule has 43 heavy (non-hydrogen) atoms. The number of ether oxygens (including phenoxy) is 1. The molecule has 0 aliphatic heterocycles. The van der Waals surface area contributed by atoms with Gasteiger partial charge >= 0.3 is 12.4 Å². The van der Waals surface area contributed by atoms with Crippen LogP contribution in [0.15, 0.2) is 61.1 Å². The van der Waals surface area contributed by atoms with Crippen LogP contribution >= 0.6 is 36.4 Å². The lowest BCUT2D eigenvalue weighted by molar-refractivity contribution is -0.243. The number of nitrogens with two attached hydrogens (primary N) is 2. The molecule has 4 aromatic rings. The standard InChI is InChI=1S/C21H17ClF3N5O.C4H6F3NO2.2ClH/c22-16-11-14(29-20-19-17(27-12-28-20)6-8-30(19)9-7-26)4-5-18(16)31-15-3-1-2-13(10-15)21(23,24)25;1-3(10,2(8)9)4(5,6)7;;/h1-6,8,10-12H,7,9,26H2,(H,27,28,29);10H,1H3,(H2,8,9);2*1H. The maximum absolute atomic E-state index is 12.9. The van der Waals surface area contributed by atoms with Crippen LogP contribution in [0.2, 0.25) is 5.02 Å². The highest BCUT2D eigenvalue weighted by Gasteiger charge is 2.54. The molecule has 0 aliphatic carbocycles. The lowest BCUT2D eigenvalue weighted by atomic mass is 10.1. The third-order valence-electron chi connectivity index (χ3n) is 5.54. The number of rotatable bonds is 7. The first kappa shape index (κ1) is 37.5. The van der Waals surface area contributed by atoms with Crippen molar-refractivity contribution in [2.45, 2.75) is 31.4 Å². The van der Waals surface area contributed by atoms with E-state index >= 15 is 0 Å². The van der Waals surface area contributed by atoms with E-state index in [0.29, 0.717) is 31.5 Å². The second-order valence-electron chi connectivity index (χ2n) is 8.59. The number of nitrogens with zero attached hydrogens (tertiary/aromatic N) is 3. The maximum atomic E-state index is 12.9. The van der Waals surface area contributed by atoms with Crippen LogP contribution < -0.4 is 21.5 Å². The van der Waals surface area contributed by atoms with Crippen molar-refractivity contribution in [2.75, 3.05) is 11.9 Å². The Hall–Kier alpha value is -3.50. The number of alkyl halides is 6. The highest BCUT2D eigenvalue weighted by Crippen LogP contribution is 2.36. The predicted octanol–water partition coefficient (Wildman–Crippen LogP) is 6.23. The number of aliphatic hydroxyl groups is 1. The Bertz CT molecular complexity index is 1530. The number of halogens is 9. The zero-order chi connectivity index (χ0) is 30.6.